The lowest BCUT2D eigenvalue weighted by Crippen LogP contribution is -2.31. The Bertz CT molecular complexity index is 556. The maximum absolute atomic E-state index is 11.6. The third-order valence-corrected chi connectivity index (χ3v) is 3.86. The number of urea groups is 1. The van der Waals surface area contributed by atoms with Gasteiger partial charge >= 0.3 is 6.03 Å². The molecule has 2 rings (SSSR count). The maximum atomic E-state index is 11.6. The molecule has 102 valence electrons. The molecule has 6 heteroatoms. The van der Waals surface area contributed by atoms with Crippen molar-refractivity contribution in [3.8, 4) is 0 Å². The Morgan fingerprint density at radius 2 is 2.11 bits per heavy atom. The Morgan fingerprint density at radius 1 is 1.37 bits per heavy atom. The Labute approximate surface area is 116 Å². The highest BCUT2D eigenvalue weighted by atomic mass is 32.1. The first-order chi connectivity index (χ1) is 9.11. The molecule has 1 aromatic heterocycles. The van der Waals surface area contributed by atoms with Gasteiger partial charge in [-0.05, 0) is 25.0 Å². The zero-order chi connectivity index (χ0) is 13.8. The van der Waals surface area contributed by atoms with Crippen LogP contribution in [0.15, 0.2) is 12.1 Å². The van der Waals surface area contributed by atoms with E-state index in [1.54, 1.807) is 7.11 Å². The third kappa shape index (κ3) is 3.21. The number of rotatable bonds is 4. The monoisotopic (exact) mass is 279 g/mol. The van der Waals surface area contributed by atoms with Crippen LogP contribution in [0.25, 0.3) is 10.2 Å². The second kappa shape index (κ2) is 5.99. The average Bonchev–Trinajstić information content (AvgIpc) is 2.79. The molecule has 0 fully saturated rings. The summed E-state index contributed by atoms with van der Waals surface area (Å²) in [6.07, 6.45) is 0. The molecule has 5 nitrogen and oxygen atoms in total. The van der Waals surface area contributed by atoms with Crippen LogP contribution < -0.4 is 10.6 Å². The number of hydrogen-bond donors (Lipinski definition) is 2. The van der Waals surface area contributed by atoms with Crippen LogP contribution in [0.2, 0.25) is 0 Å². The maximum Gasteiger partial charge on any atom is 0.321 e. The van der Waals surface area contributed by atoms with Gasteiger partial charge in [0, 0.05) is 13.7 Å². The van der Waals surface area contributed by atoms with Gasteiger partial charge in [-0.25, -0.2) is 9.78 Å². The van der Waals surface area contributed by atoms with E-state index in [9.17, 15) is 4.79 Å². The van der Waals surface area contributed by atoms with Crippen LogP contribution in [0.4, 0.5) is 9.93 Å². The first kappa shape index (κ1) is 13.8. The number of fused-ring (bicyclic) bond motifs is 1. The van der Waals surface area contributed by atoms with Crippen molar-refractivity contribution in [2.45, 2.75) is 13.8 Å². The number of benzene rings is 1. The van der Waals surface area contributed by atoms with E-state index in [0.29, 0.717) is 18.3 Å². The molecule has 0 saturated carbocycles. The Hall–Kier alpha value is -1.66. The van der Waals surface area contributed by atoms with Crippen molar-refractivity contribution in [1.29, 1.82) is 0 Å². The number of ether oxygens (including phenoxy) is 1. The minimum atomic E-state index is -0.258. The topological polar surface area (TPSA) is 63.2 Å². The van der Waals surface area contributed by atoms with Crippen molar-refractivity contribution >= 4 is 32.7 Å². The number of carbonyl (C=O) groups excluding carboxylic acids is 1. The van der Waals surface area contributed by atoms with Gasteiger partial charge in [-0.3, -0.25) is 5.32 Å². The van der Waals surface area contributed by atoms with Gasteiger partial charge in [-0.2, -0.15) is 0 Å². The Balaban J connectivity index is 2.11. The summed E-state index contributed by atoms with van der Waals surface area (Å²) in [6, 6.07) is 3.85. The highest BCUT2D eigenvalue weighted by molar-refractivity contribution is 7.22. The van der Waals surface area contributed by atoms with E-state index in [0.717, 1.165) is 15.8 Å². The van der Waals surface area contributed by atoms with E-state index in [4.69, 9.17) is 4.74 Å². The van der Waals surface area contributed by atoms with Crippen LogP contribution in [0.5, 0.6) is 0 Å². The highest BCUT2D eigenvalue weighted by Gasteiger charge is 2.10. The van der Waals surface area contributed by atoms with Crippen molar-refractivity contribution < 1.29 is 9.53 Å². The van der Waals surface area contributed by atoms with E-state index >= 15 is 0 Å². The molecule has 0 spiro atoms. The summed E-state index contributed by atoms with van der Waals surface area (Å²) in [4.78, 5) is 16.1. The minimum Gasteiger partial charge on any atom is -0.383 e. The van der Waals surface area contributed by atoms with Crippen molar-refractivity contribution in [2.75, 3.05) is 25.6 Å². The fourth-order valence-electron chi connectivity index (χ4n) is 1.72. The number of thiazole rings is 1. The SMILES string of the molecule is COCCNC(=O)Nc1nc2c(C)ccc(C)c2s1. The normalized spacial score (nSPS) is 10.7. The van der Waals surface area contributed by atoms with Gasteiger partial charge in [0.2, 0.25) is 0 Å². The summed E-state index contributed by atoms with van der Waals surface area (Å²) in [5.74, 6) is 0. The molecule has 0 bridgehead atoms. The lowest BCUT2D eigenvalue weighted by atomic mass is 10.1. The number of carbonyl (C=O) groups is 1. The molecule has 1 aromatic carbocycles. The summed E-state index contributed by atoms with van der Waals surface area (Å²) in [6.45, 7) is 5.03. The standard InChI is InChI=1S/C13H17N3O2S/c1-8-4-5-9(2)11-10(8)15-13(19-11)16-12(17)14-6-7-18-3/h4-5H,6-7H2,1-3H3,(H2,14,15,16,17). The Kier molecular flexibility index (Phi) is 4.34. The lowest BCUT2D eigenvalue weighted by molar-refractivity contribution is 0.198. The fourth-order valence-corrected chi connectivity index (χ4v) is 2.73. The van der Waals surface area contributed by atoms with Crippen molar-refractivity contribution in [3.63, 3.8) is 0 Å². The fraction of sp³-hybridized carbons (Fsp3) is 0.385. The number of anilines is 1. The summed E-state index contributed by atoms with van der Waals surface area (Å²) in [7, 11) is 1.60. The summed E-state index contributed by atoms with van der Waals surface area (Å²) in [5, 5.41) is 6.06. The van der Waals surface area contributed by atoms with Crippen LogP contribution in [-0.2, 0) is 4.74 Å². The molecule has 0 unspecified atom stereocenters. The lowest BCUT2D eigenvalue weighted by Gasteiger charge is -2.03. The van der Waals surface area contributed by atoms with Crippen LogP contribution in [0, 0.1) is 13.8 Å². The van der Waals surface area contributed by atoms with E-state index in [1.807, 2.05) is 19.9 Å². The van der Waals surface area contributed by atoms with Crippen molar-refractivity contribution in [3.05, 3.63) is 23.3 Å². The van der Waals surface area contributed by atoms with Crippen molar-refractivity contribution in [2.24, 2.45) is 0 Å². The second-order valence-electron chi connectivity index (χ2n) is 4.27. The van der Waals surface area contributed by atoms with Crippen LogP contribution in [0.3, 0.4) is 0 Å². The first-order valence-electron chi connectivity index (χ1n) is 6.02. The molecule has 0 aliphatic carbocycles. The molecule has 2 amide bonds. The van der Waals surface area contributed by atoms with E-state index in [1.165, 1.54) is 16.9 Å². The molecule has 0 atom stereocenters. The quantitative estimate of drug-likeness (QED) is 0.846. The predicted molar refractivity (Wildman–Crippen MR) is 78.0 cm³/mol. The zero-order valence-corrected chi connectivity index (χ0v) is 12.1. The molecule has 2 N–H and O–H groups in total. The smallest absolute Gasteiger partial charge is 0.321 e. The van der Waals surface area contributed by atoms with Gasteiger partial charge in [0.25, 0.3) is 0 Å². The number of amides is 2. The van der Waals surface area contributed by atoms with Gasteiger partial charge in [-0.15, -0.1) is 0 Å². The van der Waals surface area contributed by atoms with Gasteiger partial charge in [-0.1, -0.05) is 23.5 Å². The highest BCUT2D eigenvalue weighted by Crippen LogP contribution is 2.30. The molecule has 0 aliphatic rings. The molecule has 0 radical (unpaired) electrons. The van der Waals surface area contributed by atoms with E-state index < -0.39 is 0 Å². The number of hydrogen-bond acceptors (Lipinski definition) is 4. The molecular weight excluding hydrogens is 262 g/mol. The number of methoxy groups -OCH3 is 1. The predicted octanol–water partition coefficient (Wildman–Crippen LogP) is 2.68. The molecule has 0 aliphatic heterocycles. The van der Waals surface area contributed by atoms with Gasteiger partial charge in [0.15, 0.2) is 5.13 Å². The molecule has 0 saturated heterocycles. The molecule has 19 heavy (non-hydrogen) atoms. The zero-order valence-electron chi connectivity index (χ0n) is 11.2. The van der Waals surface area contributed by atoms with E-state index in [-0.39, 0.29) is 6.03 Å². The van der Waals surface area contributed by atoms with Crippen molar-refractivity contribution in [1.82, 2.24) is 10.3 Å². The number of nitrogens with one attached hydrogen (secondary N) is 2. The largest absolute Gasteiger partial charge is 0.383 e. The van der Waals surface area contributed by atoms with Gasteiger partial charge < -0.3 is 10.1 Å². The molecule has 2 aromatic rings. The number of aryl methyl sites for hydroxylation is 2. The number of aromatic nitrogens is 1. The van der Waals surface area contributed by atoms with Crippen LogP contribution in [-0.4, -0.2) is 31.3 Å². The minimum absolute atomic E-state index is 0.258. The summed E-state index contributed by atoms with van der Waals surface area (Å²) < 4.78 is 5.98. The average molecular weight is 279 g/mol. The van der Waals surface area contributed by atoms with Crippen LogP contribution >= 0.6 is 11.3 Å². The summed E-state index contributed by atoms with van der Waals surface area (Å²) >= 11 is 1.49. The number of nitrogens with zero attached hydrogens (tertiary/aromatic N) is 1. The van der Waals surface area contributed by atoms with E-state index in [2.05, 4.69) is 21.7 Å². The first-order valence-corrected chi connectivity index (χ1v) is 6.84. The second-order valence-corrected chi connectivity index (χ2v) is 5.27. The van der Waals surface area contributed by atoms with Crippen LogP contribution in [0.1, 0.15) is 11.1 Å². The third-order valence-electron chi connectivity index (χ3n) is 2.75. The summed E-state index contributed by atoms with van der Waals surface area (Å²) in [5.41, 5.74) is 3.24. The van der Waals surface area contributed by atoms with Gasteiger partial charge in [0.05, 0.1) is 16.8 Å². The van der Waals surface area contributed by atoms with Gasteiger partial charge in [0.1, 0.15) is 0 Å². The molecule has 1 heterocycles. The Morgan fingerprint density at radius 3 is 2.79 bits per heavy atom. The molecular formula is C13H17N3O2S.